The van der Waals surface area contributed by atoms with Crippen LogP contribution in [0.4, 0.5) is 5.82 Å². The Morgan fingerprint density at radius 1 is 1.24 bits per heavy atom. The Labute approximate surface area is 131 Å². The summed E-state index contributed by atoms with van der Waals surface area (Å²) in [7, 11) is 0. The average molecular weight is 310 g/mol. The second-order valence-corrected chi connectivity index (χ2v) is 7.84. The Kier molecular flexibility index (Phi) is 3.87. The summed E-state index contributed by atoms with van der Waals surface area (Å²) in [6, 6.07) is 1.74. The van der Waals surface area contributed by atoms with Gasteiger partial charge >= 0.3 is 0 Å². The quantitative estimate of drug-likeness (QED) is 0.832. The molecule has 1 aromatic heterocycles. The van der Waals surface area contributed by atoms with Crippen molar-refractivity contribution in [3.8, 4) is 0 Å². The minimum Gasteiger partial charge on any atom is -0.388 e. The summed E-state index contributed by atoms with van der Waals surface area (Å²) >= 11 is 6.06. The summed E-state index contributed by atoms with van der Waals surface area (Å²) < 4.78 is 0. The van der Waals surface area contributed by atoms with Gasteiger partial charge in [-0.3, -0.25) is 0 Å². The third-order valence-electron chi connectivity index (χ3n) is 4.79. The Hall–Kier alpha value is -0.870. The molecular weight excluding hydrogens is 286 g/mol. The molecule has 4 nitrogen and oxygen atoms in total. The molecule has 2 fully saturated rings. The lowest BCUT2D eigenvalue weighted by Crippen LogP contribution is -2.42. The smallest absolute Gasteiger partial charge is 0.135 e. The molecule has 0 unspecified atom stereocenters. The van der Waals surface area contributed by atoms with E-state index in [1.807, 2.05) is 0 Å². The first-order chi connectivity index (χ1) is 9.85. The minimum atomic E-state index is -0.632. The molecule has 2 aliphatic rings. The molecule has 21 heavy (non-hydrogen) atoms. The van der Waals surface area contributed by atoms with Crippen molar-refractivity contribution < 1.29 is 5.11 Å². The summed E-state index contributed by atoms with van der Waals surface area (Å²) in [4.78, 5) is 8.80. The highest BCUT2D eigenvalue weighted by molar-refractivity contribution is 6.29. The van der Waals surface area contributed by atoms with E-state index < -0.39 is 5.60 Å². The standard InChI is InChI=1S/C16H24ClN3O/c1-15(2)5-7-16(21,8-6-15)10-18-13-9-12(17)19-14(20-13)11-3-4-11/h9,11,21H,3-8,10H2,1-2H3,(H,18,19,20). The maximum Gasteiger partial charge on any atom is 0.135 e. The van der Waals surface area contributed by atoms with Crippen molar-refractivity contribution in [1.29, 1.82) is 0 Å². The molecule has 0 aliphatic heterocycles. The van der Waals surface area contributed by atoms with Gasteiger partial charge in [0.05, 0.1) is 5.60 Å². The van der Waals surface area contributed by atoms with Crippen LogP contribution in [0.25, 0.3) is 0 Å². The SMILES string of the molecule is CC1(C)CCC(O)(CNc2cc(Cl)nc(C3CC3)n2)CC1. The number of halogens is 1. The van der Waals surface area contributed by atoms with Gasteiger partial charge in [-0.1, -0.05) is 25.4 Å². The third kappa shape index (κ3) is 3.86. The van der Waals surface area contributed by atoms with E-state index in [0.717, 1.165) is 50.2 Å². The number of rotatable bonds is 4. The molecule has 0 amide bonds. The highest BCUT2D eigenvalue weighted by Crippen LogP contribution is 2.41. The molecule has 2 saturated carbocycles. The number of anilines is 1. The number of aliphatic hydroxyl groups is 1. The van der Waals surface area contributed by atoms with Gasteiger partial charge in [0.1, 0.15) is 16.8 Å². The van der Waals surface area contributed by atoms with E-state index in [9.17, 15) is 5.11 Å². The molecule has 5 heteroatoms. The van der Waals surface area contributed by atoms with Gasteiger partial charge in [0.25, 0.3) is 0 Å². The van der Waals surface area contributed by atoms with E-state index in [0.29, 0.717) is 23.0 Å². The molecule has 3 rings (SSSR count). The maximum absolute atomic E-state index is 10.7. The van der Waals surface area contributed by atoms with Gasteiger partial charge in [-0.2, -0.15) is 0 Å². The third-order valence-corrected chi connectivity index (χ3v) is 4.98. The van der Waals surface area contributed by atoms with Gasteiger partial charge in [0.15, 0.2) is 0 Å². The van der Waals surface area contributed by atoms with E-state index in [4.69, 9.17) is 11.6 Å². The predicted octanol–water partition coefficient (Wildman–Crippen LogP) is 3.75. The van der Waals surface area contributed by atoms with Crippen LogP contribution in [0.2, 0.25) is 5.15 Å². The fourth-order valence-electron chi connectivity index (χ4n) is 2.87. The van der Waals surface area contributed by atoms with Crippen molar-refractivity contribution in [3.05, 3.63) is 17.0 Å². The number of hydrogen-bond donors (Lipinski definition) is 2. The lowest BCUT2D eigenvalue weighted by Gasteiger charge is -2.40. The van der Waals surface area contributed by atoms with Crippen molar-refractivity contribution in [2.24, 2.45) is 5.41 Å². The highest BCUT2D eigenvalue weighted by Gasteiger charge is 2.36. The summed E-state index contributed by atoms with van der Waals surface area (Å²) in [6.45, 7) is 5.07. The van der Waals surface area contributed by atoms with E-state index >= 15 is 0 Å². The van der Waals surface area contributed by atoms with Crippen molar-refractivity contribution in [3.63, 3.8) is 0 Å². The zero-order chi connectivity index (χ0) is 15.1. The summed E-state index contributed by atoms with van der Waals surface area (Å²) in [5.74, 6) is 2.04. The van der Waals surface area contributed by atoms with Crippen LogP contribution in [-0.2, 0) is 0 Å². The van der Waals surface area contributed by atoms with Crippen LogP contribution in [0.1, 0.15) is 64.1 Å². The monoisotopic (exact) mass is 309 g/mol. The normalized spacial score (nSPS) is 23.8. The Morgan fingerprint density at radius 3 is 2.52 bits per heavy atom. The molecule has 0 atom stereocenters. The number of nitrogens with zero attached hydrogens (tertiary/aromatic N) is 2. The van der Waals surface area contributed by atoms with Crippen LogP contribution in [0.5, 0.6) is 0 Å². The van der Waals surface area contributed by atoms with Gasteiger partial charge in [-0.05, 0) is 43.9 Å². The lowest BCUT2D eigenvalue weighted by molar-refractivity contribution is -0.0145. The lowest BCUT2D eigenvalue weighted by atomic mass is 9.71. The fourth-order valence-corrected chi connectivity index (χ4v) is 3.06. The zero-order valence-electron chi connectivity index (χ0n) is 12.8. The van der Waals surface area contributed by atoms with Crippen LogP contribution in [0.15, 0.2) is 6.07 Å². The molecule has 0 radical (unpaired) electrons. The summed E-state index contributed by atoms with van der Waals surface area (Å²) in [5.41, 5.74) is -0.281. The van der Waals surface area contributed by atoms with Crippen LogP contribution >= 0.6 is 11.6 Å². The maximum atomic E-state index is 10.7. The first-order valence-electron chi connectivity index (χ1n) is 7.86. The van der Waals surface area contributed by atoms with Crippen molar-refractivity contribution in [2.75, 3.05) is 11.9 Å². The average Bonchev–Trinajstić information content (AvgIpc) is 3.25. The molecule has 0 saturated heterocycles. The van der Waals surface area contributed by atoms with Gasteiger partial charge < -0.3 is 10.4 Å². The fraction of sp³-hybridized carbons (Fsp3) is 0.750. The Bertz CT molecular complexity index is 518. The van der Waals surface area contributed by atoms with Crippen molar-refractivity contribution in [1.82, 2.24) is 9.97 Å². The molecule has 1 heterocycles. The van der Waals surface area contributed by atoms with Gasteiger partial charge in [-0.25, -0.2) is 9.97 Å². The van der Waals surface area contributed by atoms with E-state index in [1.54, 1.807) is 6.07 Å². The van der Waals surface area contributed by atoms with Crippen LogP contribution < -0.4 is 5.32 Å². The van der Waals surface area contributed by atoms with E-state index in [-0.39, 0.29) is 0 Å². The molecule has 2 aliphatic carbocycles. The topological polar surface area (TPSA) is 58.0 Å². The van der Waals surface area contributed by atoms with Crippen molar-refractivity contribution in [2.45, 2.75) is 63.9 Å². The second kappa shape index (κ2) is 5.40. The van der Waals surface area contributed by atoms with Crippen LogP contribution in [0, 0.1) is 5.41 Å². The Balaban J connectivity index is 1.62. The highest BCUT2D eigenvalue weighted by atomic mass is 35.5. The molecule has 0 aromatic carbocycles. The Morgan fingerprint density at radius 2 is 1.90 bits per heavy atom. The predicted molar refractivity (Wildman–Crippen MR) is 84.7 cm³/mol. The summed E-state index contributed by atoms with van der Waals surface area (Å²) in [6.07, 6.45) is 6.09. The van der Waals surface area contributed by atoms with Crippen LogP contribution in [-0.4, -0.2) is 27.2 Å². The van der Waals surface area contributed by atoms with Gasteiger partial charge in [0, 0.05) is 18.5 Å². The van der Waals surface area contributed by atoms with Crippen LogP contribution in [0.3, 0.4) is 0 Å². The second-order valence-electron chi connectivity index (χ2n) is 7.45. The van der Waals surface area contributed by atoms with E-state index in [1.165, 1.54) is 0 Å². The minimum absolute atomic E-state index is 0.351. The zero-order valence-corrected chi connectivity index (χ0v) is 13.6. The number of nitrogens with one attached hydrogen (secondary N) is 1. The van der Waals surface area contributed by atoms with E-state index in [2.05, 4.69) is 29.1 Å². The first-order valence-corrected chi connectivity index (χ1v) is 8.24. The molecule has 116 valence electrons. The number of aromatic nitrogens is 2. The molecular formula is C16H24ClN3O. The summed E-state index contributed by atoms with van der Waals surface area (Å²) in [5, 5.41) is 14.4. The van der Waals surface area contributed by atoms with Gasteiger partial charge in [-0.15, -0.1) is 0 Å². The number of hydrogen-bond acceptors (Lipinski definition) is 4. The first kappa shape index (κ1) is 15.0. The van der Waals surface area contributed by atoms with Gasteiger partial charge in [0.2, 0.25) is 0 Å². The molecule has 1 aromatic rings. The molecule has 2 N–H and O–H groups in total. The van der Waals surface area contributed by atoms with Crippen molar-refractivity contribution >= 4 is 17.4 Å². The largest absolute Gasteiger partial charge is 0.388 e. The molecule has 0 spiro atoms. The molecule has 0 bridgehead atoms.